The monoisotopic (exact) mass is 272 g/mol. The topological polar surface area (TPSA) is 95.9 Å². The number of nitrogens with one attached hydrogen (secondary N) is 1. The molecule has 0 aromatic rings. The number of carboxylic acids is 1. The van der Waals surface area contributed by atoms with E-state index in [1.807, 2.05) is 6.92 Å². The zero-order valence-electron chi connectivity index (χ0n) is 11.3. The van der Waals surface area contributed by atoms with Gasteiger partial charge in [0.25, 0.3) is 0 Å². The molecule has 1 heterocycles. The molecule has 19 heavy (non-hydrogen) atoms. The Kier molecular flexibility index (Phi) is 5.14. The lowest BCUT2D eigenvalue weighted by molar-refractivity contribution is -0.152. The Morgan fingerprint density at radius 3 is 2.63 bits per heavy atom. The van der Waals surface area contributed by atoms with Gasteiger partial charge in [-0.2, -0.15) is 0 Å². The van der Waals surface area contributed by atoms with Gasteiger partial charge < -0.3 is 20.1 Å². The Bertz CT molecular complexity index is 371. The zero-order chi connectivity index (χ0) is 14.5. The van der Waals surface area contributed by atoms with Crippen molar-refractivity contribution in [2.45, 2.75) is 26.2 Å². The predicted molar refractivity (Wildman–Crippen MR) is 66.6 cm³/mol. The van der Waals surface area contributed by atoms with E-state index in [-0.39, 0.29) is 13.1 Å². The lowest BCUT2D eigenvalue weighted by Gasteiger charge is -2.39. The van der Waals surface area contributed by atoms with Gasteiger partial charge >= 0.3 is 18.0 Å². The Morgan fingerprint density at radius 2 is 2.11 bits per heavy atom. The van der Waals surface area contributed by atoms with Crippen LogP contribution in [-0.4, -0.2) is 54.7 Å². The Labute approximate surface area is 111 Å². The number of urea groups is 1. The van der Waals surface area contributed by atoms with Crippen molar-refractivity contribution in [2.24, 2.45) is 5.41 Å². The fourth-order valence-corrected chi connectivity index (χ4v) is 2.25. The Morgan fingerprint density at radius 1 is 1.42 bits per heavy atom. The van der Waals surface area contributed by atoms with Gasteiger partial charge in [0.1, 0.15) is 6.54 Å². The number of aliphatic carboxylic acids is 1. The van der Waals surface area contributed by atoms with Gasteiger partial charge in [-0.25, -0.2) is 4.79 Å². The van der Waals surface area contributed by atoms with Gasteiger partial charge in [-0.1, -0.05) is 6.92 Å². The molecule has 0 aromatic heterocycles. The molecule has 1 fully saturated rings. The SMILES string of the molecule is CCC1(C(=O)O)CCCN(C(=O)NCC(=O)OC)C1. The number of likely N-dealkylation sites (tertiary alicyclic amines) is 1. The van der Waals surface area contributed by atoms with E-state index in [0.29, 0.717) is 25.8 Å². The lowest BCUT2D eigenvalue weighted by atomic mass is 9.78. The van der Waals surface area contributed by atoms with Crippen LogP contribution in [0.3, 0.4) is 0 Å². The minimum absolute atomic E-state index is 0.172. The van der Waals surface area contributed by atoms with Gasteiger partial charge in [0, 0.05) is 13.1 Å². The Hall–Kier alpha value is -1.79. The van der Waals surface area contributed by atoms with Crippen molar-refractivity contribution in [1.82, 2.24) is 10.2 Å². The van der Waals surface area contributed by atoms with Gasteiger partial charge in [0.2, 0.25) is 0 Å². The number of esters is 1. The standard InChI is InChI=1S/C12H20N2O5/c1-3-12(10(16)17)5-4-6-14(8-12)11(18)13-7-9(15)19-2/h3-8H2,1-2H3,(H,13,18)(H,16,17). The molecule has 1 aliphatic rings. The molecule has 0 bridgehead atoms. The number of rotatable bonds is 4. The highest BCUT2D eigenvalue weighted by atomic mass is 16.5. The summed E-state index contributed by atoms with van der Waals surface area (Å²) in [6, 6.07) is -0.427. The number of ether oxygens (including phenoxy) is 1. The minimum Gasteiger partial charge on any atom is -0.481 e. The molecular formula is C12H20N2O5. The van der Waals surface area contributed by atoms with Crippen LogP contribution >= 0.6 is 0 Å². The van der Waals surface area contributed by atoms with Crippen molar-refractivity contribution in [1.29, 1.82) is 0 Å². The second-order valence-corrected chi connectivity index (χ2v) is 4.70. The molecule has 108 valence electrons. The van der Waals surface area contributed by atoms with Crippen LogP contribution in [0.25, 0.3) is 0 Å². The van der Waals surface area contributed by atoms with Crippen LogP contribution in [-0.2, 0) is 14.3 Å². The largest absolute Gasteiger partial charge is 0.481 e. The van der Waals surface area contributed by atoms with E-state index in [0.717, 1.165) is 0 Å². The number of amides is 2. The van der Waals surface area contributed by atoms with Gasteiger partial charge in [-0.3, -0.25) is 9.59 Å². The van der Waals surface area contributed by atoms with E-state index in [4.69, 9.17) is 0 Å². The average Bonchev–Trinajstić information content (AvgIpc) is 2.43. The number of piperidine rings is 1. The molecule has 0 spiro atoms. The van der Waals surface area contributed by atoms with Crippen LogP contribution in [0.2, 0.25) is 0 Å². The maximum absolute atomic E-state index is 11.9. The molecule has 1 atom stereocenters. The highest BCUT2D eigenvalue weighted by Gasteiger charge is 2.42. The van der Waals surface area contributed by atoms with E-state index in [1.54, 1.807) is 0 Å². The molecule has 1 saturated heterocycles. The lowest BCUT2D eigenvalue weighted by Crippen LogP contribution is -2.53. The normalized spacial score (nSPS) is 22.7. The van der Waals surface area contributed by atoms with Crippen LogP contribution in [0.15, 0.2) is 0 Å². The minimum atomic E-state index is -0.875. The first-order valence-electron chi connectivity index (χ1n) is 6.28. The summed E-state index contributed by atoms with van der Waals surface area (Å²) in [6.45, 7) is 2.27. The van der Waals surface area contributed by atoms with Crippen LogP contribution < -0.4 is 5.32 Å². The number of carbonyl (C=O) groups is 3. The summed E-state index contributed by atoms with van der Waals surface area (Å²) < 4.78 is 4.42. The highest BCUT2D eigenvalue weighted by molar-refractivity contribution is 5.82. The average molecular weight is 272 g/mol. The van der Waals surface area contributed by atoms with E-state index in [9.17, 15) is 19.5 Å². The molecule has 1 unspecified atom stereocenters. The van der Waals surface area contributed by atoms with E-state index >= 15 is 0 Å². The van der Waals surface area contributed by atoms with Crippen molar-refractivity contribution >= 4 is 18.0 Å². The molecule has 0 saturated carbocycles. The smallest absolute Gasteiger partial charge is 0.325 e. The van der Waals surface area contributed by atoms with Crippen LogP contribution in [0.5, 0.6) is 0 Å². The van der Waals surface area contributed by atoms with Gasteiger partial charge in [-0.15, -0.1) is 0 Å². The van der Waals surface area contributed by atoms with Crippen LogP contribution in [0, 0.1) is 5.41 Å². The molecule has 1 aliphatic heterocycles. The number of hydrogen-bond acceptors (Lipinski definition) is 4. The van der Waals surface area contributed by atoms with E-state index < -0.39 is 23.4 Å². The number of methoxy groups -OCH3 is 1. The third kappa shape index (κ3) is 3.59. The second kappa shape index (κ2) is 6.40. The fraction of sp³-hybridized carbons (Fsp3) is 0.750. The molecule has 2 amide bonds. The van der Waals surface area contributed by atoms with Crippen LogP contribution in [0.4, 0.5) is 4.79 Å². The van der Waals surface area contributed by atoms with Crippen molar-refractivity contribution in [3.8, 4) is 0 Å². The van der Waals surface area contributed by atoms with Gasteiger partial charge in [0.05, 0.1) is 12.5 Å². The molecule has 7 heteroatoms. The molecular weight excluding hydrogens is 252 g/mol. The summed E-state index contributed by atoms with van der Waals surface area (Å²) in [4.78, 5) is 35.6. The first-order valence-corrected chi connectivity index (χ1v) is 6.28. The maximum Gasteiger partial charge on any atom is 0.325 e. The van der Waals surface area contributed by atoms with E-state index in [2.05, 4.69) is 10.1 Å². The summed E-state index contributed by atoms with van der Waals surface area (Å²) >= 11 is 0. The van der Waals surface area contributed by atoms with Gasteiger partial charge in [-0.05, 0) is 19.3 Å². The second-order valence-electron chi connectivity index (χ2n) is 4.70. The Balaban J connectivity index is 2.61. The first-order chi connectivity index (χ1) is 8.95. The van der Waals surface area contributed by atoms with Crippen molar-refractivity contribution in [2.75, 3.05) is 26.7 Å². The maximum atomic E-state index is 11.9. The summed E-state index contributed by atoms with van der Waals surface area (Å²) in [5.41, 5.74) is -0.874. The first kappa shape index (κ1) is 15.3. The summed E-state index contributed by atoms with van der Waals surface area (Å²) in [6.07, 6.45) is 1.69. The zero-order valence-corrected chi connectivity index (χ0v) is 11.3. The number of carbonyl (C=O) groups excluding carboxylic acids is 2. The number of hydrogen-bond donors (Lipinski definition) is 2. The fourth-order valence-electron chi connectivity index (χ4n) is 2.25. The van der Waals surface area contributed by atoms with Crippen molar-refractivity contribution in [3.63, 3.8) is 0 Å². The molecule has 0 radical (unpaired) electrons. The summed E-state index contributed by atoms with van der Waals surface area (Å²) in [7, 11) is 1.24. The third-order valence-corrected chi connectivity index (χ3v) is 3.61. The van der Waals surface area contributed by atoms with Gasteiger partial charge in [0.15, 0.2) is 0 Å². The van der Waals surface area contributed by atoms with Crippen LogP contribution in [0.1, 0.15) is 26.2 Å². The van der Waals surface area contributed by atoms with Crippen molar-refractivity contribution in [3.05, 3.63) is 0 Å². The van der Waals surface area contributed by atoms with E-state index in [1.165, 1.54) is 12.0 Å². The molecule has 0 aliphatic carbocycles. The predicted octanol–water partition coefficient (Wildman–Crippen LogP) is 0.446. The molecule has 7 nitrogen and oxygen atoms in total. The summed E-state index contributed by atoms with van der Waals surface area (Å²) in [5.74, 6) is -1.41. The van der Waals surface area contributed by atoms with Crippen molar-refractivity contribution < 1.29 is 24.2 Å². The number of nitrogens with zero attached hydrogens (tertiary/aromatic N) is 1. The molecule has 0 aromatic carbocycles. The summed E-state index contributed by atoms with van der Waals surface area (Å²) in [5, 5.41) is 11.7. The third-order valence-electron chi connectivity index (χ3n) is 3.61. The molecule has 2 N–H and O–H groups in total. The molecule has 1 rings (SSSR count). The quantitative estimate of drug-likeness (QED) is 0.724. The number of carboxylic acid groups (broad SMARTS) is 1. The highest BCUT2D eigenvalue weighted by Crippen LogP contribution is 2.33.